The lowest BCUT2D eigenvalue weighted by atomic mass is 10.2. The number of benzene rings is 1. The Morgan fingerprint density at radius 3 is 2.80 bits per heavy atom. The molecule has 2 rings (SSSR count). The third kappa shape index (κ3) is 2.85. The molecule has 6 heteroatoms. The Kier molecular flexibility index (Phi) is 3.84. The number of aryl methyl sites for hydroxylation is 1. The van der Waals surface area contributed by atoms with Crippen LogP contribution in [0.15, 0.2) is 30.5 Å². The van der Waals surface area contributed by atoms with E-state index in [-0.39, 0.29) is 11.4 Å². The Morgan fingerprint density at radius 2 is 2.15 bits per heavy atom. The molecular formula is C14H14FN3O2. The molecule has 0 saturated heterocycles. The lowest BCUT2D eigenvalue weighted by molar-refractivity contribution is 0.102. The van der Waals surface area contributed by atoms with Crippen LogP contribution in [0.1, 0.15) is 15.9 Å². The quantitative estimate of drug-likeness (QED) is 0.901. The standard InChI is InChI=1S/C14H14FN3O2/c1-8-5-10(3-4-12(8)20-2)18-14(19)11-6-9(15)7-17-13(11)16/h3-7H,1-2H3,(H2,16,17)(H,18,19). The molecule has 0 aliphatic rings. The summed E-state index contributed by atoms with van der Waals surface area (Å²) < 4.78 is 18.2. The normalized spacial score (nSPS) is 10.2. The van der Waals surface area contributed by atoms with Gasteiger partial charge in [-0.25, -0.2) is 9.37 Å². The molecule has 104 valence electrons. The summed E-state index contributed by atoms with van der Waals surface area (Å²) in [6.07, 6.45) is 0.962. The van der Waals surface area contributed by atoms with Crippen LogP contribution < -0.4 is 15.8 Å². The van der Waals surface area contributed by atoms with Gasteiger partial charge in [-0.15, -0.1) is 0 Å². The first-order valence-electron chi connectivity index (χ1n) is 5.88. The number of nitrogen functional groups attached to an aromatic ring is 1. The lowest BCUT2D eigenvalue weighted by Gasteiger charge is -2.10. The van der Waals surface area contributed by atoms with Crippen molar-refractivity contribution in [3.63, 3.8) is 0 Å². The van der Waals surface area contributed by atoms with E-state index in [1.807, 2.05) is 6.92 Å². The van der Waals surface area contributed by atoms with Crippen LogP contribution in [0, 0.1) is 12.7 Å². The number of nitrogens with one attached hydrogen (secondary N) is 1. The van der Waals surface area contributed by atoms with Crippen molar-refractivity contribution in [2.24, 2.45) is 0 Å². The van der Waals surface area contributed by atoms with Gasteiger partial charge in [0.05, 0.1) is 18.9 Å². The van der Waals surface area contributed by atoms with Gasteiger partial charge in [0.15, 0.2) is 0 Å². The molecule has 20 heavy (non-hydrogen) atoms. The number of carbonyl (C=O) groups excluding carboxylic acids is 1. The SMILES string of the molecule is COc1ccc(NC(=O)c2cc(F)cnc2N)cc1C. The number of ether oxygens (including phenoxy) is 1. The number of anilines is 2. The maximum absolute atomic E-state index is 13.1. The van der Waals surface area contributed by atoms with E-state index in [1.54, 1.807) is 25.3 Å². The van der Waals surface area contributed by atoms with E-state index in [2.05, 4.69) is 10.3 Å². The average molecular weight is 275 g/mol. The van der Waals surface area contributed by atoms with E-state index in [0.717, 1.165) is 23.6 Å². The van der Waals surface area contributed by atoms with E-state index < -0.39 is 11.7 Å². The molecule has 1 amide bonds. The number of rotatable bonds is 3. The summed E-state index contributed by atoms with van der Waals surface area (Å²) in [5.41, 5.74) is 7.00. The zero-order chi connectivity index (χ0) is 14.7. The first-order valence-corrected chi connectivity index (χ1v) is 5.88. The number of nitrogens with two attached hydrogens (primary N) is 1. The molecule has 1 heterocycles. The molecule has 0 aliphatic carbocycles. The fourth-order valence-electron chi connectivity index (χ4n) is 1.79. The number of nitrogens with zero attached hydrogens (tertiary/aromatic N) is 1. The second-order valence-electron chi connectivity index (χ2n) is 4.22. The predicted molar refractivity (Wildman–Crippen MR) is 74.3 cm³/mol. The van der Waals surface area contributed by atoms with Crippen LogP contribution in [0.2, 0.25) is 0 Å². The van der Waals surface area contributed by atoms with Crippen molar-refractivity contribution in [3.8, 4) is 5.75 Å². The molecule has 1 aromatic carbocycles. The Balaban J connectivity index is 2.23. The smallest absolute Gasteiger partial charge is 0.259 e. The van der Waals surface area contributed by atoms with Crippen LogP contribution in [0.3, 0.4) is 0 Å². The molecular weight excluding hydrogens is 261 g/mol. The third-order valence-corrected chi connectivity index (χ3v) is 2.78. The fraction of sp³-hybridized carbons (Fsp3) is 0.143. The van der Waals surface area contributed by atoms with Crippen LogP contribution >= 0.6 is 0 Å². The molecule has 0 aliphatic heterocycles. The minimum absolute atomic E-state index is 0.00142. The minimum atomic E-state index is -0.615. The molecule has 5 nitrogen and oxygen atoms in total. The van der Waals surface area contributed by atoms with Crippen LogP contribution in [0.4, 0.5) is 15.9 Å². The summed E-state index contributed by atoms with van der Waals surface area (Å²) in [5.74, 6) is -0.432. The minimum Gasteiger partial charge on any atom is -0.496 e. The third-order valence-electron chi connectivity index (χ3n) is 2.78. The van der Waals surface area contributed by atoms with Crippen molar-refractivity contribution in [2.45, 2.75) is 6.92 Å². The van der Waals surface area contributed by atoms with Gasteiger partial charge in [0.1, 0.15) is 17.4 Å². The Labute approximate surface area is 115 Å². The predicted octanol–water partition coefficient (Wildman–Crippen LogP) is 2.37. The van der Waals surface area contributed by atoms with Crippen LogP contribution in [-0.4, -0.2) is 18.0 Å². The number of amides is 1. The molecule has 0 bridgehead atoms. The molecule has 0 saturated carbocycles. The number of halogens is 1. The fourth-order valence-corrected chi connectivity index (χ4v) is 1.79. The highest BCUT2D eigenvalue weighted by Crippen LogP contribution is 2.22. The van der Waals surface area contributed by atoms with Gasteiger partial charge in [0.25, 0.3) is 5.91 Å². The molecule has 0 spiro atoms. The Bertz CT molecular complexity index is 659. The van der Waals surface area contributed by atoms with Gasteiger partial charge in [-0.3, -0.25) is 4.79 Å². The molecule has 2 aromatic rings. The van der Waals surface area contributed by atoms with E-state index >= 15 is 0 Å². The highest BCUT2D eigenvalue weighted by atomic mass is 19.1. The van der Waals surface area contributed by atoms with Crippen molar-refractivity contribution in [3.05, 3.63) is 47.4 Å². The largest absolute Gasteiger partial charge is 0.496 e. The summed E-state index contributed by atoms with van der Waals surface area (Å²) in [7, 11) is 1.57. The summed E-state index contributed by atoms with van der Waals surface area (Å²) in [6, 6.07) is 6.22. The van der Waals surface area contributed by atoms with Crippen molar-refractivity contribution in [1.82, 2.24) is 4.98 Å². The number of carbonyl (C=O) groups is 1. The highest BCUT2D eigenvalue weighted by Gasteiger charge is 2.13. The number of hydrogen-bond donors (Lipinski definition) is 2. The van der Waals surface area contributed by atoms with Crippen LogP contribution in [0.25, 0.3) is 0 Å². The van der Waals surface area contributed by atoms with Gasteiger partial charge in [-0.05, 0) is 36.8 Å². The molecule has 0 fully saturated rings. The van der Waals surface area contributed by atoms with Crippen molar-refractivity contribution >= 4 is 17.4 Å². The average Bonchev–Trinajstić information content (AvgIpc) is 2.41. The van der Waals surface area contributed by atoms with E-state index in [0.29, 0.717) is 5.69 Å². The Hall–Kier alpha value is -2.63. The van der Waals surface area contributed by atoms with Gasteiger partial charge in [0, 0.05) is 5.69 Å². The van der Waals surface area contributed by atoms with Crippen molar-refractivity contribution in [2.75, 3.05) is 18.2 Å². The number of hydrogen-bond acceptors (Lipinski definition) is 4. The van der Waals surface area contributed by atoms with Gasteiger partial charge >= 0.3 is 0 Å². The van der Waals surface area contributed by atoms with E-state index in [1.165, 1.54) is 0 Å². The summed E-state index contributed by atoms with van der Waals surface area (Å²) in [6.45, 7) is 1.85. The van der Waals surface area contributed by atoms with Crippen LogP contribution in [0.5, 0.6) is 5.75 Å². The maximum atomic E-state index is 13.1. The van der Waals surface area contributed by atoms with Crippen LogP contribution in [-0.2, 0) is 0 Å². The van der Waals surface area contributed by atoms with E-state index in [4.69, 9.17) is 10.5 Å². The first kappa shape index (κ1) is 13.8. The number of aromatic nitrogens is 1. The number of methoxy groups -OCH3 is 1. The monoisotopic (exact) mass is 275 g/mol. The topological polar surface area (TPSA) is 77.2 Å². The highest BCUT2D eigenvalue weighted by molar-refractivity contribution is 6.07. The van der Waals surface area contributed by atoms with E-state index in [9.17, 15) is 9.18 Å². The summed E-state index contributed by atoms with van der Waals surface area (Å²) in [5, 5.41) is 2.64. The second-order valence-corrected chi connectivity index (χ2v) is 4.22. The summed E-state index contributed by atoms with van der Waals surface area (Å²) in [4.78, 5) is 15.6. The van der Waals surface area contributed by atoms with Gasteiger partial charge in [-0.1, -0.05) is 0 Å². The zero-order valence-corrected chi connectivity index (χ0v) is 11.1. The van der Waals surface area contributed by atoms with Crippen molar-refractivity contribution < 1.29 is 13.9 Å². The maximum Gasteiger partial charge on any atom is 0.259 e. The Morgan fingerprint density at radius 1 is 1.40 bits per heavy atom. The van der Waals surface area contributed by atoms with Gasteiger partial charge < -0.3 is 15.8 Å². The zero-order valence-electron chi connectivity index (χ0n) is 11.1. The molecule has 0 unspecified atom stereocenters. The first-order chi connectivity index (χ1) is 9.51. The summed E-state index contributed by atoms with van der Waals surface area (Å²) >= 11 is 0. The van der Waals surface area contributed by atoms with Crippen molar-refractivity contribution in [1.29, 1.82) is 0 Å². The van der Waals surface area contributed by atoms with Gasteiger partial charge in [0.2, 0.25) is 0 Å². The molecule has 0 atom stereocenters. The van der Waals surface area contributed by atoms with Gasteiger partial charge in [-0.2, -0.15) is 0 Å². The lowest BCUT2D eigenvalue weighted by Crippen LogP contribution is -2.15. The second kappa shape index (κ2) is 5.56. The molecule has 1 aromatic heterocycles. The molecule has 0 radical (unpaired) electrons. The number of pyridine rings is 1. The molecule has 3 N–H and O–H groups in total.